The highest BCUT2D eigenvalue weighted by atomic mass is 16.5. The van der Waals surface area contributed by atoms with Gasteiger partial charge in [0.1, 0.15) is 12.4 Å². The minimum Gasteiger partial charge on any atom is -0.491 e. The van der Waals surface area contributed by atoms with Gasteiger partial charge in [0.05, 0.1) is 18.2 Å². The Bertz CT molecular complexity index is 866. The molecule has 2 heterocycles. The van der Waals surface area contributed by atoms with Crippen molar-refractivity contribution >= 4 is 11.6 Å². The van der Waals surface area contributed by atoms with Gasteiger partial charge in [-0.15, -0.1) is 0 Å². The number of amides is 1. The maximum atomic E-state index is 12.9. The second-order valence-corrected chi connectivity index (χ2v) is 6.75. The van der Waals surface area contributed by atoms with Gasteiger partial charge in [-0.05, 0) is 49.2 Å². The fraction of sp³-hybridized carbons (Fsp3) is 0.333. The van der Waals surface area contributed by atoms with Gasteiger partial charge in [0, 0.05) is 36.4 Å². The molecule has 2 aliphatic heterocycles. The number of nitrogens with zero attached hydrogens (tertiary/aromatic N) is 3. The molecule has 0 saturated carbocycles. The molecule has 0 unspecified atom stereocenters. The van der Waals surface area contributed by atoms with Crippen LogP contribution in [0.15, 0.2) is 42.5 Å². The van der Waals surface area contributed by atoms with Crippen molar-refractivity contribution in [3.63, 3.8) is 0 Å². The molecule has 2 aliphatic rings. The number of hydrogen-bond acceptors (Lipinski definition) is 4. The first-order valence-corrected chi connectivity index (χ1v) is 9.05. The number of ether oxygens (including phenoxy) is 1. The quantitative estimate of drug-likeness (QED) is 0.837. The average Bonchev–Trinajstić information content (AvgIpc) is 3.14. The average molecular weight is 347 g/mol. The van der Waals surface area contributed by atoms with Gasteiger partial charge in [0.2, 0.25) is 0 Å². The molecule has 0 aromatic heterocycles. The normalized spacial score (nSPS) is 16.4. The molecule has 132 valence electrons. The predicted octanol–water partition coefficient (Wildman–Crippen LogP) is 3.19. The third-order valence-electron chi connectivity index (χ3n) is 5.02. The first-order valence-electron chi connectivity index (χ1n) is 9.05. The van der Waals surface area contributed by atoms with E-state index in [0.717, 1.165) is 24.4 Å². The second kappa shape index (κ2) is 7.09. The summed E-state index contributed by atoms with van der Waals surface area (Å²) in [6.45, 7) is 3.70. The van der Waals surface area contributed by atoms with Crippen LogP contribution in [0.3, 0.4) is 0 Å². The van der Waals surface area contributed by atoms with E-state index >= 15 is 0 Å². The Kier molecular flexibility index (Phi) is 4.49. The molecule has 2 aromatic rings. The molecule has 0 bridgehead atoms. The van der Waals surface area contributed by atoms with Gasteiger partial charge in [-0.25, -0.2) is 0 Å². The van der Waals surface area contributed by atoms with Crippen molar-refractivity contribution in [1.29, 1.82) is 5.26 Å². The lowest BCUT2D eigenvalue weighted by Crippen LogP contribution is -2.32. The van der Waals surface area contributed by atoms with Crippen LogP contribution in [0.2, 0.25) is 0 Å². The molecule has 0 aliphatic carbocycles. The van der Waals surface area contributed by atoms with Crippen molar-refractivity contribution in [2.24, 2.45) is 0 Å². The van der Waals surface area contributed by atoms with Gasteiger partial charge in [0.15, 0.2) is 0 Å². The second-order valence-electron chi connectivity index (χ2n) is 6.75. The van der Waals surface area contributed by atoms with Gasteiger partial charge in [-0.2, -0.15) is 5.26 Å². The van der Waals surface area contributed by atoms with Crippen LogP contribution in [0, 0.1) is 11.3 Å². The van der Waals surface area contributed by atoms with Gasteiger partial charge >= 0.3 is 0 Å². The van der Waals surface area contributed by atoms with Crippen molar-refractivity contribution in [3.05, 3.63) is 59.2 Å². The summed E-state index contributed by atoms with van der Waals surface area (Å²) in [5.41, 5.74) is 3.28. The fourth-order valence-electron chi connectivity index (χ4n) is 3.63. The molecule has 5 heteroatoms. The number of rotatable bonds is 2. The van der Waals surface area contributed by atoms with Gasteiger partial charge in [-0.1, -0.05) is 6.07 Å². The summed E-state index contributed by atoms with van der Waals surface area (Å²) in [6, 6.07) is 15.2. The Hall–Kier alpha value is -3.00. The third-order valence-corrected chi connectivity index (χ3v) is 5.02. The first kappa shape index (κ1) is 16.5. The predicted molar refractivity (Wildman–Crippen MR) is 99.3 cm³/mol. The topological polar surface area (TPSA) is 56.6 Å². The smallest absolute Gasteiger partial charge is 0.254 e. The zero-order valence-electron chi connectivity index (χ0n) is 14.6. The summed E-state index contributed by atoms with van der Waals surface area (Å²) < 4.78 is 5.86. The number of carbonyl (C=O) groups is 1. The van der Waals surface area contributed by atoms with Crippen LogP contribution in [-0.2, 0) is 6.54 Å². The summed E-state index contributed by atoms with van der Waals surface area (Å²) in [6.07, 6.45) is 2.46. The lowest BCUT2D eigenvalue weighted by atomic mass is 10.1. The molecule has 1 saturated heterocycles. The van der Waals surface area contributed by atoms with Crippen LogP contribution in [0.4, 0.5) is 5.69 Å². The van der Waals surface area contributed by atoms with E-state index in [2.05, 4.69) is 23.1 Å². The number of fused-ring (bicyclic) bond motifs is 1. The van der Waals surface area contributed by atoms with Crippen molar-refractivity contribution in [2.45, 2.75) is 19.4 Å². The molecule has 2 aromatic carbocycles. The number of hydrogen-bond donors (Lipinski definition) is 0. The molecule has 0 radical (unpaired) electrons. The third kappa shape index (κ3) is 3.23. The number of anilines is 1. The van der Waals surface area contributed by atoms with E-state index in [9.17, 15) is 4.79 Å². The number of benzene rings is 2. The Morgan fingerprint density at radius 1 is 1.08 bits per heavy atom. The molecule has 1 fully saturated rings. The Labute approximate surface area is 153 Å². The zero-order valence-corrected chi connectivity index (χ0v) is 14.6. The Morgan fingerprint density at radius 3 is 2.73 bits per heavy atom. The maximum absolute atomic E-state index is 12.9. The van der Waals surface area contributed by atoms with Crippen LogP contribution in [-0.4, -0.2) is 37.0 Å². The van der Waals surface area contributed by atoms with Gasteiger partial charge in [-0.3, -0.25) is 4.79 Å². The van der Waals surface area contributed by atoms with E-state index < -0.39 is 0 Å². The van der Waals surface area contributed by atoms with E-state index in [1.807, 2.05) is 6.07 Å². The summed E-state index contributed by atoms with van der Waals surface area (Å²) in [5, 5.41) is 9.06. The summed E-state index contributed by atoms with van der Waals surface area (Å²) >= 11 is 0. The number of carbonyl (C=O) groups excluding carboxylic acids is 1. The highest BCUT2D eigenvalue weighted by Crippen LogP contribution is 2.30. The molecular weight excluding hydrogens is 326 g/mol. The molecule has 1 amide bonds. The standard InChI is InChI=1S/C21H21N3O2/c22-14-16-4-3-5-17(12-16)21(25)24-10-11-26-20-7-6-19(13-18(20)15-24)23-8-1-2-9-23/h3-7,12-13H,1-2,8-11,15H2. The minimum absolute atomic E-state index is 0.0647. The van der Waals surface area contributed by atoms with Crippen molar-refractivity contribution in [3.8, 4) is 11.8 Å². The molecule has 0 atom stereocenters. The van der Waals surface area contributed by atoms with Gasteiger partial charge in [0.25, 0.3) is 5.91 Å². The molecule has 0 spiro atoms. The Balaban J connectivity index is 1.59. The van der Waals surface area contributed by atoms with E-state index in [-0.39, 0.29) is 5.91 Å². The van der Waals surface area contributed by atoms with Crippen LogP contribution in [0.25, 0.3) is 0 Å². The summed E-state index contributed by atoms with van der Waals surface area (Å²) in [7, 11) is 0. The SMILES string of the molecule is N#Cc1cccc(C(=O)N2CCOc3ccc(N4CCCC4)cc3C2)c1. The molecule has 4 rings (SSSR count). The fourth-order valence-corrected chi connectivity index (χ4v) is 3.63. The van der Waals surface area contributed by atoms with Crippen molar-refractivity contribution < 1.29 is 9.53 Å². The van der Waals surface area contributed by atoms with E-state index in [1.165, 1.54) is 18.5 Å². The monoisotopic (exact) mass is 347 g/mol. The van der Waals surface area contributed by atoms with E-state index in [1.54, 1.807) is 29.2 Å². The molecule has 0 N–H and O–H groups in total. The van der Waals surface area contributed by atoms with Crippen molar-refractivity contribution in [2.75, 3.05) is 31.1 Å². The molecular formula is C21H21N3O2. The molecule has 5 nitrogen and oxygen atoms in total. The lowest BCUT2D eigenvalue weighted by molar-refractivity contribution is 0.0733. The lowest BCUT2D eigenvalue weighted by Gasteiger charge is -2.22. The zero-order chi connectivity index (χ0) is 17.9. The summed E-state index contributed by atoms with van der Waals surface area (Å²) in [5.74, 6) is 0.791. The van der Waals surface area contributed by atoms with E-state index in [0.29, 0.717) is 30.8 Å². The first-order chi connectivity index (χ1) is 12.7. The van der Waals surface area contributed by atoms with Gasteiger partial charge < -0.3 is 14.5 Å². The van der Waals surface area contributed by atoms with Crippen molar-refractivity contribution in [1.82, 2.24) is 4.90 Å². The maximum Gasteiger partial charge on any atom is 0.254 e. The Morgan fingerprint density at radius 2 is 1.92 bits per heavy atom. The highest BCUT2D eigenvalue weighted by Gasteiger charge is 2.22. The summed E-state index contributed by atoms with van der Waals surface area (Å²) in [4.78, 5) is 17.1. The van der Waals surface area contributed by atoms with Crippen LogP contribution in [0.1, 0.15) is 34.3 Å². The highest BCUT2D eigenvalue weighted by molar-refractivity contribution is 5.94. The van der Waals surface area contributed by atoms with Crippen LogP contribution >= 0.6 is 0 Å². The van der Waals surface area contributed by atoms with E-state index in [4.69, 9.17) is 10.00 Å². The number of nitriles is 1. The largest absolute Gasteiger partial charge is 0.491 e. The minimum atomic E-state index is -0.0647. The van der Waals surface area contributed by atoms with Crippen LogP contribution < -0.4 is 9.64 Å². The molecule has 26 heavy (non-hydrogen) atoms. The van der Waals surface area contributed by atoms with Crippen LogP contribution in [0.5, 0.6) is 5.75 Å².